The van der Waals surface area contributed by atoms with Crippen LogP contribution in [0.4, 0.5) is 5.69 Å². The summed E-state index contributed by atoms with van der Waals surface area (Å²) in [7, 11) is 1.59. The summed E-state index contributed by atoms with van der Waals surface area (Å²) in [4.78, 5) is 25.0. The molecule has 0 aliphatic rings. The molecule has 0 saturated heterocycles. The Kier molecular flexibility index (Phi) is 4.80. The zero-order chi connectivity index (χ0) is 18.8. The Bertz CT molecular complexity index is 1030. The lowest BCUT2D eigenvalue weighted by Gasteiger charge is -2.15. The van der Waals surface area contributed by atoms with Crippen molar-refractivity contribution in [3.63, 3.8) is 0 Å². The first-order valence-corrected chi connectivity index (χ1v) is 8.44. The standard InChI is InChI=1S/C21H22N2O3/c1-13-9-15(3)21-18(10-13)14(2)11-20(25)23(21)12-19(24)22-16-5-7-17(26-4)8-6-16/h5-11H,12H2,1-4H3,(H,22,24). The third-order valence-corrected chi connectivity index (χ3v) is 4.42. The molecule has 1 amide bonds. The van der Waals surface area contributed by atoms with Crippen LogP contribution < -0.4 is 15.6 Å². The van der Waals surface area contributed by atoms with Gasteiger partial charge in [0.2, 0.25) is 5.91 Å². The number of carbonyl (C=O) groups excluding carboxylic acids is 1. The number of rotatable bonds is 4. The molecule has 0 fully saturated rings. The van der Waals surface area contributed by atoms with Crippen LogP contribution in [0.5, 0.6) is 5.75 Å². The Balaban J connectivity index is 1.95. The first-order valence-electron chi connectivity index (χ1n) is 8.44. The highest BCUT2D eigenvalue weighted by Gasteiger charge is 2.13. The summed E-state index contributed by atoms with van der Waals surface area (Å²) in [5, 5.41) is 3.82. The Morgan fingerprint density at radius 3 is 2.38 bits per heavy atom. The maximum absolute atomic E-state index is 12.5. The number of ether oxygens (including phenoxy) is 1. The minimum absolute atomic E-state index is 0.0362. The summed E-state index contributed by atoms with van der Waals surface area (Å²) in [6.45, 7) is 5.87. The lowest BCUT2D eigenvalue weighted by Crippen LogP contribution is -2.28. The number of amides is 1. The summed E-state index contributed by atoms with van der Waals surface area (Å²) >= 11 is 0. The van der Waals surface area contributed by atoms with E-state index in [4.69, 9.17) is 4.74 Å². The van der Waals surface area contributed by atoms with Crippen LogP contribution in [0.25, 0.3) is 10.9 Å². The number of hydrogen-bond donors (Lipinski definition) is 1. The van der Waals surface area contributed by atoms with Crippen molar-refractivity contribution in [2.24, 2.45) is 0 Å². The van der Waals surface area contributed by atoms with Crippen LogP contribution in [0.1, 0.15) is 16.7 Å². The molecule has 0 saturated carbocycles. The van der Waals surface area contributed by atoms with Gasteiger partial charge in [0.25, 0.3) is 5.56 Å². The number of nitrogens with one attached hydrogen (secondary N) is 1. The summed E-state index contributed by atoms with van der Waals surface area (Å²) < 4.78 is 6.65. The number of hydrogen-bond acceptors (Lipinski definition) is 3. The third-order valence-electron chi connectivity index (χ3n) is 4.42. The number of anilines is 1. The Hall–Kier alpha value is -3.08. The Labute approximate surface area is 152 Å². The zero-order valence-corrected chi connectivity index (χ0v) is 15.4. The van der Waals surface area contributed by atoms with Gasteiger partial charge in [0.1, 0.15) is 12.3 Å². The van der Waals surface area contributed by atoms with Gasteiger partial charge in [-0.2, -0.15) is 0 Å². The van der Waals surface area contributed by atoms with Gasteiger partial charge in [-0.05, 0) is 62.2 Å². The normalized spacial score (nSPS) is 10.8. The largest absolute Gasteiger partial charge is 0.497 e. The monoisotopic (exact) mass is 350 g/mol. The first-order chi connectivity index (χ1) is 12.4. The molecule has 0 atom stereocenters. The number of methoxy groups -OCH3 is 1. The van der Waals surface area contributed by atoms with Crippen LogP contribution in [0.15, 0.2) is 47.3 Å². The van der Waals surface area contributed by atoms with Gasteiger partial charge in [-0.15, -0.1) is 0 Å². The second-order valence-electron chi connectivity index (χ2n) is 6.51. The molecule has 0 aliphatic heterocycles. The molecule has 1 N–H and O–H groups in total. The average molecular weight is 350 g/mol. The van der Waals surface area contributed by atoms with Crippen LogP contribution in [0.3, 0.4) is 0 Å². The fourth-order valence-corrected chi connectivity index (χ4v) is 3.25. The first kappa shape index (κ1) is 17.7. The number of benzene rings is 2. The van der Waals surface area contributed by atoms with Crippen LogP contribution in [0, 0.1) is 20.8 Å². The van der Waals surface area contributed by atoms with E-state index in [0.717, 1.165) is 33.3 Å². The van der Waals surface area contributed by atoms with Crippen LogP contribution >= 0.6 is 0 Å². The fourth-order valence-electron chi connectivity index (χ4n) is 3.25. The number of nitrogens with zero attached hydrogens (tertiary/aromatic N) is 1. The summed E-state index contributed by atoms with van der Waals surface area (Å²) in [6.07, 6.45) is 0. The highest BCUT2D eigenvalue weighted by Crippen LogP contribution is 2.22. The Morgan fingerprint density at radius 2 is 1.73 bits per heavy atom. The van der Waals surface area contributed by atoms with Crippen molar-refractivity contribution in [3.8, 4) is 5.75 Å². The van der Waals surface area contributed by atoms with E-state index >= 15 is 0 Å². The van der Waals surface area contributed by atoms with Crippen LogP contribution in [-0.4, -0.2) is 17.6 Å². The molecule has 0 unspecified atom stereocenters. The molecule has 5 heteroatoms. The second-order valence-corrected chi connectivity index (χ2v) is 6.51. The van der Waals surface area contributed by atoms with E-state index < -0.39 is 0 Å². The summed E-state index contributed by atoms with van der Waals surface area (Å²) in [5.74, 6) is 0.470. The predicted octanol–water partition coefficient (Wildman–Crippen LogP) is 3.57. The lowest BCUT2D eigenvalue weighted by molar-refractivity contribution is -0.116. The number of aromatic nitrogens is 1. The van der Waals surface area contributed by atoms with Gasteiger partial charge >= 0.3 is 0 Å². The second kappa shape index (κ2) is 7.04. The molecule has 5 nitrogen and oxygen atoms in total. The molecule has 0 radical (unpaired) electrons. The molecule has 2 aromatic carbocycles. The average Bonchev–Trinajstić information content (AvgIpc) is 2.59. The fraction of sp³-hybridized carbons (Fsp3) is 0.238. The van der Waals surface area contributed by atoms with E-state index in [1.165, 1.54) is 4.57 Å². The minimum atomic E-state index is -0.248. The predicted molar refractivity (Wildman–Crippen MR) is 104 cm³/mol. The molecular formula is C21H22N2O3. The highest BCUT2D eigenvalue weighted by molar-refractivity contribution is 5.93. The quantitative estimate of drug-likeness (QED) is 0.782. The number of pyridine rings is 1. The van der Waals surface area contributed by atoms with Gasteiger partial charge < -0.3 is 10.1 Å². The molecule has 0 aliphatic carbocycles. The topological polar surface area (TPSA) is 60.3 Å². The van der Waals surface area contributed by atoms with Crippen molar-refractivity contribution in [2.75, 3.05) is 12.4 Å². The van der Waals surface area contributed by atoms with Crippen molar-refractivity contribution in [2.45, 2.75) is 27.3 Å². The minimum Gasteiger partial charge on any atom is -0.497 e. The highest BCUT2D eigenvalue weighted by atomic mass is 16.5. The van der Waals surface area contributed by atoms with Crippen molar-refractivity contribution >= 4 is 22.5 Å². The number of aryl methyl sites for hydroxylation is 3. The molecule has 1 aromatic heterocycles. The Morgan fingerprint density at radius 1 is 1.04 bits per heavy atom. The smallest absolute Gasteiger partial charge is 0.251 e. The van der Waals surface area contributed by atoms with E-state index in [0.29, 0.717) is 5.69 Å². The van der Waals surface area contributed by atoms with Crippen molar-refractivity contribution in [1.82, 2.24) is 4.57 Å². The number of carbonyl (C=O) groups is 1. The molecule has 0 spiro atoms. The van der Waals surface area contributed by atoms with Gasteiger partial charge in [-0.25, -0.2) is 0 Å². The lowest BCUT2D eigenvalue weighted by atomic mass is 10.0. The maximum atomic E-state index is 12.5. The molecule has 1 heterocycles. The van der Waals surface area contributed by atoms with E-state index in [-0.39, 0.29) is 18.0 Å². The molecule has 134 valence electrons. The van der Waals surface area contributed by atoms with E-state index in [2.05, 4.69) is 11.4 Å². The van der Waals surface area contributed by atoms with Crippen molar-refractivity contribution in [3.05, 3.63) is 69.5 Å². The molecule has 0 bridgehead atoms. The van der Waals surface area contributed by atoms with E-state index in [1.54, 1.807) is 37.4 Å². The van der Waals surface area contributed by atoms with Gasteiger partial charge in [-0.1, -0.05) is 11.6 Å². The zero-order valence-electron chi connectivity index (χ0n) is 15.4. The molecule has 3 aromatic rings. The molecule has 26 heavy (non-hydrogen) atoms. The molecule has 3 rings (SSSR count). The maximum Gasteiger partial charge on any atom is 0.251 e. The van der Waals surface area contributed by atoms with Gasteiger partial charge in [0.05, 0.1) is 12.6 Å². The summed E-state index contributed by atoms with van der Waals surface area (Å²) in [6, 6.07) is 12.7. The van der Waals surface area contributed by atoms with E-state index in [9.17, 15) is 9.59 Å². The van der Waals surface area contributed by atoms with Gasteiger partial charge in [0, 0.05) is 17.1 Å². The van der Waals surface area contributed by atoms with Gasteiger partial charge in [-0.3, -0.25) is 14.2 Å². The van der Waals surface area contributed by atoms with E-state index in [1.807, 2.05) is 26.8 Å². The SMILES string of the molecule is COc1ccc(NC(=O)Cn2c(=O)cc(C)c3cc(C)cc(C)c32)cc1. The van der Waals surface area contributed by atoms with Crippen LogP contribution in [0.2, 0.25) is 0 Å². The summed E-state index contributed by atoms with van der Waals surface area (Å²) in [5.41, 5.74) is 4.33. The van der Waals surface area contributed by atoms with Crippen molar-refractivity contribution < 1.29 is 9.53 Å². The third kappa shape index (κ3) is 3.47. The number of fused-ring (bicyclic) bond motifs is 1. The molecular weight excluding hydrogens is 328 g/mol. The van der Waals surface area contributed by atoms with Crippen LogP contribution in [-0.2, 0) is 11.3 Å². The van der Waals surface area contributed by atoms with Gasteiger partial charge in [0.15, 0.2) is 0 Å². The van der Waals surface area contributed by atoms with Crippen molar-refractivity contribution in [1.29, 1.82) is 0 Å².